The molecule has 3 aromatic carbocycles. The number of hydrogen-bond donors (Lipinski definition) is 2. The van der Waals surface area contributed by atoms with Gasteiger partial charge in [-0.05, 0) is 66.1 Å². The summed E-state index contributed by atoms with van der Waals surface area (Å²) in [6.07, 6.45) is 1.68. The van der Waals surface area contributed by atoms with Gasteiger partial charge < -0.3 is 18.9 Å². The van der Waals surface area contributed by atoms with Crippen molar-refractivity contribution < 1.29 is 14.2 Å². The second kappa shape index (κ2) is 12.2. The first kappa shape index (κ1) is 23.0. The van der Waals surface area contributed by atoms with Crippen molar-refractivity contribution in [2.45, 2.75) is 13.8 Å². The summed E-state index contributed by atoms with van der Waals surface area (Å²) in [5, 5.41) is 7.06. The molecule has 0 atom stereocenters. The topological polar surface area (TPSA) is 64.1 Å². The van der Waals surface area contributed by atoms with Crippen molar-refractivity contribution in [2.24, 2.45) is 11.0 Å². The highest BCUT2D eigenvalue weighted by atomic mass is 32.1. The minimum absolute atomic E-state index is 0.501. The van der Waals surface area contributed by atoms with Crippen LogP contribution in [-0.2, 0) is 0 Å². The standard InChI is InChI=1S/C25H27N3O3S/c1-19(2)17-30-22-12-10-21(11-13-22)28-32-18-27-26-16-20-9-14-24(25(15-20)29-3)31-23-7-5-4-6-8-23/h4-16,19,27-28H,17H2,1-3H3/b26-16+. The van der Waals surface area contributed by atoms with E-state index in [1.165, 1.54) is 11.4 Å². The van der Waals surface area contributed by atoms with Crippen LogP contribution < -0.4 is 24.4 Å². The Labute approximate surface area is 193 Å². The zero-order valence-electron chi connectivity index (χ0n) is 18.4. The van der Waals surface area contributed by atoms with Crippen LogP contribution in [-0.4, -0.2) is 19.9 Å². The number of hydrazone groups is 1. The van der Waals surface area contributed by atoms with Crippen molar-refractivity contribution in [3.05, 3.63) is 78.4 Å². The Morgan fingerprint density at radius 1 is 0.969 bits per heavy atom. The molecule has 0 aromatic heterocycles. The molecular weight excluding hydrogens is 422 g/mol. The molecular formula is C25H27N3O3S. The molecule has 0 aliphatic rings. The van der Waals surface area contributed by atoms with Crippen molar-refractivity contribution in [3.63, 3.8) is 0 Å². The predicted molar refractivity (Wildman–Crippen MR) is 132 cm³/mol. The molecule has 166 valence electrons. The van der Waals surface area contributed by atoms with E-state index >= 15 is 0 Å². The molecule has 6 nitrogen and oxygen atoms in total. The highest BCUT2D eigenvalue weighted by Crippen LogP contribution is 2.31. The van der Waals surface area contributed by atoms with Gasteiger partial charge in [0.05, 0.1) is 25.2 Å². The average Bonchev–Trinajstić information content (AvgIpc) is 2.82. The third kappa shape index (κ3) is 7.54. The molecule has 0 aliphatic carbocycles. The summed E-state index contributed by atoms with van der Waals surface area (Å²) in [6.45, 7) is 4.96. The van der Waals surface area contributed by atoms with E-state index in [0.717, 1.165) is 22.7 Å². The van der Waals surface area contributed by atoms with Crippen LogP contribution in [0.4, 0.5) is 5.69 Å². The van der Waals surface area contributed by atoms with E-state index in [2.05, 4.69) is 34.4 Å². The Morgan fingerprint density at radius 2 is 1.75 bits per heavy atom. The Hall–Kier alpha value is -3.67. The van der Waals surface area contributed by atoms with E-state index in [4.69, 9.17) is 14.2 Å². The fourth-order valence-electron chi connectivity index (χ4n) is 2.59. The Balaban J connectivity index is 1.49. The van der Waals surface area contributed by atoms with Gasteiger partial charge in [0.25, 0.3) is 0 Å². The van der Waals surface area contributed by atoms with Gasteiger partial charge in [0.1, 0.15) is 11.5 Å². The maximum absolute atomic E-state index is 5.87. The predicted octanol–water partition coefficient (Wildman–Crippen LogP) is 6.12. The van der Waals surface area contributed by atoms with Gasteiger partial charge in [-0.1, -0.05) is 32.0 Å². The van der Waals surface area contributed by atoms with Gasteiger partial charge in [-0.25, -0.2) is 5.43 Å². The number of para-hydroxylation sites is 1. The first-order valence-electron chi connectivity index (χ1n) is 10.2. The molecule has 32 heavy (non-hydrogen) atoms. The molecule has 0 unspecified atom stereocenters. The second-order valence-electron chi connectivity index (χ2n) is 7.23. The minimum Gasteiger partial charge on any atom is -0.493 e. The molecule has 0 saturated carbocycles. The lowest BCUT2D eigenvalue weighted by Gasteiger charge is -2.10. The number of nitrogens with zero attached hydrogens (tertiary/aromatic N) is 1. The number of ether oxygens (including phenoxy) is 3. The molecule has 0 spiro atoms. The summed E-state index contributed by atoms with van der Waals surface area (Å²) < 4.78 is 20.1. The van der Waals surface area contributed by atoms with Crippen molar-refractivity contribution in [1.29, 1.82) is 0 Å². The summed E-state index contributed by atoms with van der Waals surface area (Å²) in [5.74, 6) is 3.38. The molecule has 7 heteroatoms. The average molecular weight is 450 g/mol. The van der Waals surface area contributed by atoms with Gasteiger partial charge in [0, 0.05) is 17.0 Å². The zero-order valence-corrected chi connectivity index (χ0v) is 19.2. The SMILES string of the molecule is COc1cc(/C=N/NC#SNc2ccc(OCC(C)C)cc2)ccc1Oc1ccccc1. The molecule has 0 amide bonds. The Kier molecular flexibility index (Phi) is 8.80. The lowest BCUT2D eigenvalue weighted by atomic mass is 10.2. The van der Waals surface area contributed by atoms with Crippen molar-refractivity contribution in [1.82, 2.24) is 5.43 Å². The van der Waals surface area contributed by atoms with Crippen LogP contribution in [0.5, 0.6) is 23.0 Å². The fourth-order valence-corrected chi connectivity index (χ4v) is 2.99. The number of anilines is 1. The number of nitrogens with one attached hydrogen (secondary N) is 2. The van der Waals surface area contributed by atoms with Gasteiger partial charge in [-0.15, -0.1) is 0 Å². The smallest absolute Gasteiger partial charge is 0.169 e. The molecule has 0 saturated heterocycles. The van der Waals surface area contributed by atoms with Crippen molar-refractivity contribution in [2.75, 3.05) is 18.4 Å². The molecule has 3 rings (SSSR count). The van der Waals surface area contributed by atoms with E-state index in [9.17, 15) is 0 Å². The van der Waals surface area contributed by atoms with Crippen molar-refractivity contribution >= 4 is 23.3 Å². The molecule has 0 bridgehead atoms. The molecule has 3 aromatic rings. The van der Waals surface area contributed by atoms with Gasteiger partial charge in [0.15, 0.2) is 11.5 Å². The molecule has 0 fully saturated rings. The van der Waals surface area contributed by atoms with Crippen LogP contribution in [0.1, 0.15) is 19.4 Å². The van der Waals surface area contributed by atoms with Crippen LogP contribution in [0, 0.1) is 11.2 Å². The van der Waals surface area contributed by atoms with Gasteiger partial charge in [0.2, 0.25) is 0 Å². The summed E-state index contributed by atoms with van der Waals surface area (Å²) in [4.78, 5) is 0. The van der Waals surface area contributed by atoms with E-state index in [1.807, 2.05) is 72.8 Å². The number of methoxy groups -OCH3 is 1. The quantitative estimate of drug-likeness (QED) is 0.178. The number of rotatable bonds is 9. The Bertz CT molecular complexity index is 1080. The minimum atomic E-state index is 0.501. The number of hydrogen-bond acceptors (Lipinski definition) is 6. The first-order chi connectivity index (χ1) is 15.6. The normalized spacial score (nSPS) is 10.5. The zero-order chi connectivity index (χ0) is 22.6. The maximum Gasteiger partial charge on any atom is 0.169 e. The van der Waals surface area contributed by atoms with Gasteiger partial charge in [-0.2, -0.15) is 5.10 Å². The summed E-state index contributed by atoms with van der Waals surface area (Å²) >= 11 is 1.27. The third-order valence-corrected chi connectivity index (χ3v) is 4.67. The highest BCUT2D eigenvalue weighted by molar-refractivity contribution is 7.90. The molecule has 0 heterocycles. The van der Waals surface area contributed by atoms with E-state index in [-0.39, 0.29) is 0 Å². The largest absolute Gasteiger partial charge is 0.493 e. The first-order valence-corrected chi connectivity index (χ1v) is 11.0. The van der Waals surface area contributed by atoms with Gasteiger partial charge in [-0.3, -0.25) is 0 Å². The summed E-state index contributed by atoms with van der Waals surface area (Å²) in [7, 11) is 1.61. The van der Waals surface area contributed by atoms with E-state index in [0.29, 0.717) is 24.0 Å². The van der Waals surface area contributed by atoms with Crippen LogP contribution in [0.25, 0.3) is 0 Å². The molecule has 0 radical (unpaired) electrons. The van der Waals surface area contributed by atoms with E-state index < -0.39 is 0 Å². The monoisotopic (exact) mass is 449 g/mol. The van der Waals surface area contributed by atoms with Crippen molar-refractivity contribution in [3.8, 4) is 28.3 Å². The Morgan fingerprint density at radius 3 is 2.47 bits per heavy atom. The molecule has 2 N–H and O–H groups in total. The van der Waals surface area contributed by atoms with E-state index in [1.54, 1.807) is 13.3 Å². The maximum atomic E-state index is 5.87. The summed E-state index contributed by atoms with van der Waals surface area (Å²) in [6, 6.07) is 23.0. The number of benzene rings is 3. The molecule has 0 aliphatic heterocycles. The second-order valence-corrected chi connectivity index (χ2v) is 7.84. The van der Waals surface area contributed by atoms with Gasteiger partial charge >= 0.3 is 0 Å². The fraction of sp³-hybridized carbons (Fsp3) is 0.200. The highest BCUT2D eigenvalue weighted by Gasteiger charge is 2.06. The third-order valence-electron chi connectivity index (χ3n) is 4.14. The summed E-state index contributed by atoms with van der Waals surface area (Å²) in [5.41, 5.74) is 4.58. The van der Waals surface area contributed by atoms with Crippen LogP contribution >= 0.6 is 11.4 Å². The van der Waals surface area contributed by atoms with Crippen LogP contribution in [0.15, 0.2) is 77.9 Å². The lowest BCUT2D eigenvalue weighted by Crippen LogP contribution is -2.04. The van der Waals surface area contributed by atoms with Crippen LogP contribution in [0.2, 0.25) is 0 Å². The van der Waals surface area contributed by atoms with Crippen LogP contribution in [0.3, 0.4) is 0 Å². The lowest BCUT2D eigenvalue weighted by molar-refractivity contribution is 0.271.